The fourth-order valence-corrected chi connectivity index (χ4v) is 1.41. The Hall–Kier alpha value is -1.82. The highest BCUT2D eigenvalue weighted by Crippen LogP contribution is 2.07. The van der Waals surface area contributed by atoms with Crippen LogP contribution in [0.3, 0.4) is 0 Å². The normalized spacial score (nSPS) is 11.3. The van der Waals surface area contributed by atoms with Crippen molar-refractivity contribution in [3.8, 4) is 0 Å². The number of hydrogen-bond acceptors (Lipinski definition) is 3. The molecule has 1 rings (SSSR count). The van der Waals surface area contributed by atoms with Gasteiger partial charge in [-0.2, -0.15) is 0 Å². The zero-order valence-electron chi connectivity index (χ0n) is 10.8. The van der Waals surface area contributed by atoms with Crippen LogP contribution in [0.5, 0.6) is 0 Å². The molecule has 1 amide bonds. The highest BCUT2D eigenvalue weighted by atomic mass is 16.5. The smallest absolute Gasteiger partial charge is 0.328 e. The zero-order valence-corrected chi connectivity index (χ0v) is 10.8. The molecule has 1 heterocycles. The van der Waals surface area contributed by atoms with Crippen LogP contribution in [0.25, 0.3) is 0 Å². The summed E-state index contributed by atoms with van der Waals surface area (Å²) in [6.07, 6.45) is 1.75. The van der Waals surface area contributed by atoms with Crippen LogP contribution >= 0.6 is 0 Å². The Morgan fingerprint density at radius 1 is 1.50 bits per heavy atom. The Morgan fingerprint density at radius 3 is 2.72 bits per heavy atom. The summed E-state index contributed by atoms with van der Waals surface area (Å²) >= 11 is 0. The first-order valence-corrected chi connectivity index (χ1v) is 5.58. The van der Waals surface area contributed by atoms with E-state index in [4.69, 9.17) is 9.84 Å². The van der Waals surface area contributed by atoms with Gasteiger partial charge in [0.05, 0.1) is 6.61 Å². The van der Waals surface area contributed by atoms with Crippen LogP contribution in [0.4, 0.5) is 0 Å². The molecule has 6 heteroatoms. The predicted molar refractivity (Wildman–Crippen MR) is 65.5 cm³/mol. The van der Waals surface area contributed by atoms with Crippen molar-refractivity contribution in [1.82, 2.24) is 9.88 Å². The van der Waals surface area contributed by atoms with Crippen LogP contribution < -0.4 is 5.32 Å². The molecule has 0 saturated heterocycles. The SMILES string of the molecule is COCCn1cccc1C(=O)NC(C)(C)C(=O)O. The van der Waals surface area contributed by atoms with Crippen LogP contribution in [0.15, 0.2) is 18.3 Å². The second-order valence-corrected chi connectivity index (χ2v) is 4.46. The fraction of sp³-hybridized carbons (Fsp3) is 0.500. The molecule has 0 unspecified atom stereocenters. The maximum atomic E-state index is 12.0. The van der Waals surface area contributed by atoms with Gasteiger partial charge in [0.2, 0.25) is 0 Å². The van der Waals surface area contributed by atoms with E-state index in [9.17, 15) is 9.59 Å². The quantitative estimate of drug-likeness (QED) is 0.784. The van der Waals surface area contributed by atoms with Gasteiger partial charge in [-0.25, -0.2) is 4.79 Å². The molecule has 100 valence electrons. The lowest BCUT2D eigenvalue weighted by molar-refractivity contribution is -0.143. The lowest BCUT2D eigenvalue weighted by Gasteiger charge is -2.21. The molecule has 0 spiro atoms. The summed E-state index contributed by atoms with van der Waals surface area (Å²) in [6, 6.07) is 3.38. The van der Waals surface area contributed by atoms with Crippen LogP contribution in [-0.2, 0) is 16.1 Å². The molecule has 0 aliphatic heterocycles. The monoisotopic (exact) mass is 254 g/mol. The molecule has 18 heavy (non-hydrogen) atoms. The van der Waals surface area contributed by atoms with Gasteiger partial charge in [0, 0.05) is 19.9 Å². The third-order valence-corrected chi connectivity index (χ3v) is 2.56. The molecule has 1 aromatic rings. The second kappa shape index (κ2) is 5.68. The summed E-state index contributed by atoms with van der Waals surface area (Å²) in [7, 11) is 1.58. The van der Waals surface area contributed by atoms with Crippen LogP contribution in [0.2, 0.25) is 0 Å². The van der Waals surface area contributed by atoms with E-state index >= 15 is 0 Å². The van der Waals surface area contributed by atoms with E-state index in [-0.39, 0.29) is 0 Å². The van der Waals surface area contributed by atoms with Crippen molar-refractivity contribution in [2.45, 2.75) is 25.9 Å². The van der Waals surface area contributed by atoms with Gasteiger partial charge in [-0.15, -0.1) is 0 Å². The Morgan fingerprint density at radius 2 is 2.17 bits per heavy atom. The zero-order chi connectivity index (χ0) is 13.8. The number of carboxylic acid groups (broad SMARTS) is 1. The largest absolute Gasteiger partial charge is 0.480 e. The number of nitrogens with one attached hydrogen (secondary N) is 1. The van der Waals surface area contributed by atoms with Gasteiger partial charge in [0.1, 0.15) is 11.2 Å². The second-order valence-electron chi connectivity index (χ2n) is 4.46. The summed E-state index contributed by atoms with van der Waals surface area (Å²) < 4.78 is 6.66. The van der Waals surface area contributed by atoms with E-state index in [0.29, 0.717) is 18.8 Å². The van der Waals surface area contributed by atoms with Crippen molar-refractivity contribution in [3.05, 3.63) is 24.0 Å². The molecule has 0 bridgehead atoms. The van der Waals surface area contributed by atoms with Crippen LogP contribution in [0.1, 0.15) is 24.3 Å². The van der Waals surface area contributed by atoms with Crippen molar-refractivity contribution >= 4 is 11.9 Å². The van der Waals surface area contributed by atoms with E-state index in [1.807, 2.05) is 0 Å². The van der Waals surface area contributed by atoms with Gasteiger partial charge in [-0.3, -0.25) is 4.79 Å². The third-order valence-electron chi connectivity index (χ3n) is 2.56. The Bertz CT molecular complexity index is 437. The summed E-state index contributed by atoms with van der Waals surface area (Å²) in [5, 5.41) is 11.4. The molecule has 0 fully saturated rings. The first-order valence-electron chi connectivity index (χ1n) is 5.58. The summed E-state index contributed by atoms with van der Waals surface area (Å²) in [6.45, 7) is 3.91. The molecule has 0 aliphatic carbocycles. The van der Waals surface area contributed by atoms with E-state index in [1.165, 1.54) is 13.8 Å². The number of amides is 1. The molecular weight excluding hydrogens is 236 g/mol. The van der Waals surface area contributed by atoms with Crippen molar-refractivity contribution in [2.75, 3.05) is 13.7 Å². The molecule has 6 nitrogen and oxygen atoms in total. The highest BCUT2D eigenvalue weighted by molar-refractivity contribution is 5.96. The maximum Gasteiger partial charge on any atom is 0.328 e. The molecular formula is C12H18N2O4. The Balaban J connectivity index is 2.79. The predicted octanol–water partition coefficient (Wildman–Crippen LogP) is 0.727. The molecule has 2 N–H and O–H groups in total. The summed E-state index contributed by atoms with van der Waals surface area (Å²) in [5.41, 5.74) is -0.880. The lowest BCUT2D eigenvalue weighted by Crippen LogP contribution is -2.50. The molecule has 0 atom stereocenters. The van der Waals surface area contributed by atoms with Gasteiger partial charge in [-0.05, 0) is 26.0 Å². The van der Waals surface area contributed by atoms with E-state index in [0.717, 1.165) is 0 Å². The van der Waals surface area contributed by atoms with Crippen molar-refractivity contribution in [2.24, 2.45) is 0 Å². The minimum Gasteiger partial charge on any atom is -0.480 e. The van der Waals surface area contributed by atoms with Gasteiger partial charge >= 0.3 is 5.97 Å². The number of aromatic nitrogens is 1. The van der Waals surface area contributed by atoms with Gasteiger partial charge in [0.25, 0.3) is 5.91 Å². The highest BCUT2D eigenvalue weighted by Gasteiger charge is 2.30. The number of hydrogen-bond donors (Lipinski definition) is 2. The number of nitrogens with zero attached hydrogens (tertiary/aromatic N) is 1. The number of ether oxygens (including phenoxy) is 1. The lowest BCUT2D eigenvalue weighted by atomic mass is 10.1. The third kappa shape index (κ3) is 3.33. The Kier molecular flexibility index (Phi) is 4.49. The standard InChI is InChI=1S/C12H18N2O4/c1-12(2,11(16)17)13-10(15)9-5-4-6-14(9)7-8-18-3/h4-6H,7-8H2,1-3H3,(H,13,15)(H,16,17). The average molecular weight is 254 g/mol. The number of rotatable bonds is 6. The molecule has 1 aromatic heterocycles. The molecule has 0 radical (unpaired) electrons. The van der Waals surface area contributed by atoms with E-state index in [2.05, 4.69) is 5.32 Å². The average Bonchev–Trinajstić information content (AvgIpc) is 2.73. The number of carboxylic acids is 1. The summed E-state index contributed by atoms with van der Waals surface area (Å²) in [5.74, 6) is -1.49. The first kappa shape index (κ1) is 14.2. The van der Waals surface area contributed by atoms with Gasteiger partial charge in [0.15, 0.2) is 0 Å². The maximum absolute atomic E-state index is 12.0. The van der Waals surface area contributed by atoms with Crippen molar-refractivity contribution in [1.29, 1.82) is 0 Å². The van der Waals surface area contributed by atoms with Gasteiger partial charge < -0.3 is 19.7 Å². The first-order chi connectivity index (χ1) is 8.38. The molecule has 0 saturated carbocycles. The number of carbonyl (C=O) groups excluding carboxylic acids is 1. The van der Waals surface area contributed by atoms with Crippen molar-refractivity contribution < 1.29 is 19.4 Å². The minimum atomic E-state index is -1.30. The number of carbonyl (C=O) groups is 2. The van der Waals surface area contributed by atoms with Crippen LogP contribution in [0, 0.1) is 0 Å². The van der Waals surface area contributed by atoms with E-state index in [1.54, 1.807) is 30.0 Å². The minimum absolute atomic E-state index is 0.413. The molecule has 0 aromatic carbocycles. The Labute approximate surface area is 106 Å². The number of aliphatic carboxylic acids is 1. The van der Waals surface area contributed by atoms with E-state index < -0.39 is 17.4 Å². The molecule has 0 aliphatic rings. The topological polar surface area (TPSA) is 80.6 Å². The van der Waals surface area contributed by atoms with Crippen molar-refractivity contribution in [3.63, 3.8) is 0 Å². The van der Waals surface area contributed by atoms with Gasteiger partial charge in [-0.1, -0.05) is 0 Å². The fourth-order valence-electron chi connectivity index (χ4n) is 1.41. The van der Waals surface area contributed by atoms with Crippen LogP contribution in [-0.4, -0.2) is 40.8 Å². The summed E-state index contributed by atoms with van der Waals surface area (Å²) in [4.78, 5) is 22.9. The number of methoxy groups -OCH3 is 1.